The van der Waals surface area contributed by atoms with Gasteiger partial charge in [-0.25, -0.2) is 0 Å². The maximum atomic E-state index is 6.67. The largest absolute Gasteiger partial charge is 0.378 e. The maximum absolute atomic E-state index is 6.67. The zero-order chi connectivity index (χ0) is 14.0. The van der Waals surface area contributed by atoms with E-state index in [9.17, 15) is 0 Å². The topological polar surface area (TPSA) is 44.5 Å². The zero-order valence-corrected chi connectivity index (χ0v) is 13.5. The molecule has 4 heteroatoms. The van der Waals surface area contributed by atoms with Gasteiger partial charge in [-0.05, 0) is 55.9 Å². The lowest BCUT2D eigenvalue weighted by Gasteiger charge is -2.46. The summed E-state index contributed by atoms with van der Waals surface area (Å²) in [6, 6.07) is 0.304. The molecule has 0 radical (unpaired) electrons. The first-order chi connectivity index (χ1) is 9.74. The fourth-order valence-corrected chi connectivity index (χ4v) is 5.60. The predicted molar refractivity (Wildman–Crippen MR) is 84.1 cm³/mol. The lowest BCUT2D eigenvalue weighted by Crippen LogP contribution is -2.50. The van der Waals surface area contributed by atoms with Gasteiger partial charge in [0.25, 0.3) is 0 Å². The Bertz CT molecular complexity index is 314. The molecule has 0 aromatic carbocycles. The number of hydrogen-bond acceptors (Lipinski definition) is 4. The van der Waals surface area contributed by atoms with Crippen LogP contribution in [0.25, 0.3) is 0 Å². The summed E-state index contributed by atoms with van der Waals surface area (Å²) >= 11 is 2.07. The second kappa shape index (κ2) is 6.55. The molecule has 3 nitrogen and oxygen atoms in total. The van der Waals surface area contributed by atoms with Crippen molar-refractivity contribution in [2.45, 2.75) is 63.2 Å². The van der Waals surface area contributed by atoms with Crippen LogP contribution in [0.2, 0.25) is 0 Å². The minimum Gasteiger partial charge on any atom is -0.378 e. The first kappa shape index (κ1) is 15.1. The van der Waals surface area contributed by atoms with E-state index in [0.717, 1.165) is 32.5 Å². The Morgan fingerprint density at radius 1 is 1.25 bits per heavy atom. The van der Waals surface area contributed by atoms with E-state index >= 15 is 0 Å². The molecule has 0 amide bonds. The van der Waals surface area contributed by atoms with Crippen molar-refractivity contribution in [1.82, 2.24) is 0 Å². The van der Waals surface area contributed by atoms with Gasteiger partial charge in [-0.3, -0.25) is 0 Å². The molecule has 3 saturated heterocycles. The Kier molecular flexibility index (Phi) is 4.96. The van der Waals surface area contributed by atoms with E-state index < -0.39 is 0 Å². The van der Waals surface area contributed by atoms with Crippen molar-refractivity contribution in [3.63, 3.8) is 0 Å². The van der Waals surface area contributed by atoms with Crippen LogP contribution >= 0.6 is 11.8 Å². The molecule has 3 heterocycles. The van der Waals surface area contributed by atoms with Crippen LogP contribution in [0.4, 0.5) is 0 Å². The Morgan fingerprint density at radius 2 is 2.05 bits per heavy atom. The van der Waals surface area contributed by atoms with E-state index in [0.29, 0.717) is 24.0 Å². The Balaban J connectivity index is 1.64. The molecular weight excluding hydrogens is 270 g/mol. The lowest BCUT2D eigenvalue weighted by atomic mass is 9.74. The van der Waals surface area contributed by atoms with Crippen molar-refractivity contribution >= 4 is 11.8 Å². The molecule has 0 aliphatic carbocycles. The van der Waals surface area contributed by atoms with Gasteiger partial charge >= 0.3 is 0 Å². The highest BCUT2D eigenvalue weighted by Gasteiger charge is 2.43. The van der Waals surface area contributed by atoms with Gasteiger partial charge in [-0.15, -0.1) is 0 Å². The molecule has 116 valence electrons. The highest BCUT2D eigenvalue weighted by molar-refractivity contribution is 7.99. The molecule has 0 bridgehead atoms. The zero-order valence-electron chi connectivity index (χ0n) is 12.7. The molecule has 4 atom stereocenters. The van der Waals surface area contributed by atoms with Crippen molar-refractivity contribution in [3.8, 4) is 0 Å². The molecule has 0 aromatic heterocycles. The summed E-state index contributed by atoms with van der Waals surface area (Å²) in [5, 5.41) is 0. The second-order valence-corrected chi connectivity index (χ2v) is 7.97. The maximum Gasteiger partial charge on any atom is 0.0701 e. The van der Waals surface area contributed by atoms with Gasteiger partial charge in [-0.1, -0.05) is 6.92 Å². The van der Waals surface area contributed by atoms with E-state index in [2.05, 4.69) is 18.7 Å². The van der Waals surface area contributed by atoms with Crippen LogP contribution in [0.5, 0.6) is 0 Å². The monoisotopic (exact) mass is 299 g/mol. The summed E-state index contributed by atoms with van der Waals surface area (Å²) in [5.41, 5.74) is 6.83. The number of thioether (sulfide) groups is 1. The van der Waals surface area contributed by atoms with Gasteiger partial charge in [0, 0.05) is 25.2 Å². The normalized spacial score (nSPS) is 39.0. The molecule has 3 aliphatic rings. The lowest BCUT2D eigenvalue weighted by molar-refractivity contribution is -0.109. The van der Waals surface area contributed by atoms with Crippen LogP contribution in [0.1, 0.15) is 45.4 Å². The van der Waals surface area contributed by atoms with Crippen molar-refractivity contribution in [2.24, 2.45) is 17.6 Å². The van der Waals surface area contributed by atoms with E-state index in [-0.39, 0.29) is 5.60 Å². The van der Waals surface area contributed by atoms with Gasteiger partial charge in [0.2, 0.25) is 0 Å². The third-order valence-corrected chi connectivity index (χ3v) is 6.62. The first-order valence-corrected chi connectivity index (χ1v) is 9.48. The van der Waals surface area contributed by atoms with Gasteiger partial charge < -0.3 is 15.2 Å². The SMILES string of the molecule is CCC1OCCC1C(N)C1CCOC2(CCSCC2)C1. The van der Waals surface area contributed by atoms with E-state index in [1.165, 1.54) is 30.8 Å². The molecule has 3 aliphatic heterocycles. The number of ether oxygens (including phenoxy) is 2. The van der Waals surface area contributed by atoms with Gasteiger partial charge in [-0.2, -0.15) is 11.8 Å². The summed E-state index contributed by atoms with van der Waals surface area (Å²) in [6.45, 7) is 4.04. The second-order valence-electron chi connectivity index (χ2n) is 6.74. The van der Waals surface area contributed by atoms with E-state index in [1.807, 2.05) is 0 Å². The van der Waals surface area contributed by atoms with Gasteiger partial charge in [0.1, 0.15) is 0 Å². The van der Waals surface area contributed by atoms with Crippen molar-refractivity contribution in [2.75, 3.05) is 24.7 Å². The highest BCUT2D eigenvalue weighted by atomic mass is 32.2. The number of nitrogens with two attached hydrogens (primary N) is 1. The Labute approximate surface area is 127 Å². The Hall–Kier alpha value is 0.230. The molecule has 3 rings (SSSR count). The highest BCUT2D eigenvalue weighted by Crippen LogP contribution is 2.42. The minimum absolute atomic E-state index is 0.160. The standard InChI is InChI=1S/C16H29NO2S/c1-2-14-13(4-7-18-14)15(17)12-3-8-19-16(11-12)5-9-20-10-6-16/h12-15H,2-11,17H2,1H3. The van der Waals surface area contributed by atoms with Crippen LogP contribution in [0, 0.1) is 11.8 Å². The smallest absolute Gasteiger partial charge is 0.0701 e. The minimum atomic E-state index is 0.160. The number of hydrogen-bond donors (Lipinski definition) is 1. The average molecular weight is 299 g/mol. The Morgan fingerprint density at radius 3 is 2.80 bits per heavy atom. The summed E-state index contributed by atoms with van der Waals surface area (Å²) in [7, 11) is 0. The van der Waals surface area contributed by atoms with Gasteiger partial charge in [0.15, 0.2) is 0 Å². The molecular formula is C16H29NO2S. The van der Waals surface area contributed by atoms with Crippen LogP contribution in [-0.4, -0.2) is 42.5 Å². The summed E-state index contributed by atoms with van der Waals surface area (Å²) in [5.74, 6) is 3.71. The molecule has 2 N–H and O–H groups in total. The molecule has 20 heavy (non-hydrogen) atoms. The van der Waals surface area contributed by atoms with Crippen LogP contribution in [0.3, 0.4) is 0 Å². The van der Waals surface area contributed by atoms with Crippen molar-refractivity contribution < 1.29 is 9.47 Å². The summed E-state index contributed by atoms with van der Waals surface area (Å²) < 4.78 is 12.1. The molecule has 0 saturated carbocycles. The number of rotatable bonds is 3. The van der Waals surface area contributed by atoms with E-state index in [1.54, 1.807) is 0 Å². The average Bonchev–Trinajstić information content (AvgIpc) is 2.96. The third-order valence-electron chi connectivity index (χ3n) is 5.64. The third kappa shape index (κ3) is 3.03. The molecule has 0 aromatic rings. The van der Waals surface area contributed by atoms with Crippen LogP contribution < -0.4 is 5.73 Å². The fourth-order valence-electron chi connectivity index (χ4n) is 4.36. The molecule has 3 fully saturated rings. The van der Waals surface area contributed by atoms with Crippen LogP contribution in [0.15, 0.2) is 0 Å². The summed E-state index contributed by atoms with van der Waals surface area (Å²) in [6.07, 6.45) is 7.41. The van der Waals surface area contributed by atoms with E-state index in [4.69, 9.17) is 15.2 Å². The van der Waals surface area contributed by atoms with Crippen LogP contribution in [-0.2, 0) is 9.47 Å². The molecule has 4 unspecified atom stereocenters. The summed E-state index contributed by atoms with van der Waals surface area (Å²) in [4.78, 5) is 0. The van der Waals surface area contributed by atoms with Crippen molar-refractivity contribution in [3.05, 3.63) is 0 Å². The first-order valence-electron chi connectivity index (χ1n) is 8.33. The predicted octanol–water partition coefficient (Wildman–Crippen LogP) is 2.82. The van der Waals surface area contributed by atoms with Gasteiger partial charge in [0.05, 0.1) is 11.7 Å². The quantitative estimate of drug-likeness (QED) is 0.870. The molecule has 1 spiro atoms. The fraction of sp³-hybridized carbons (Fsp3) is 1.00. The van der Waals surface area contributed by atoms with Crippen molar-refractivity contribution in [1.29, 1.82) is 0 Å².